The van der Waals surface area contributed by atoms with E-state index in [-0.39, 0.29) is 11.9 Å². The molecule has 1 aromatic rings. The molecule has 0 aliphatic carbocycles. The van der Waals surface area contributed by atoms with Crippen LogP contribution in [-0.2, 0) is 18.4 Å². The van der Waals surface area contributed by atoms with Crippen LogP contribution in [-0.4, -0.2) is 47.0 Å². The molecular formula is C10H19N5O. The van der Waals surface area contributed by atoms with Crippen LogP contribution in [0.5, 0.6) is 0 Å². The Morgan fingerprint density at radius 1 is 1.75 bits per heavy atom. The molecule has 1 atom stereocenters. The first-order chi connectivity index (χ1) is 7.54. The Bertz CT molecular complexity index is 349. The van der Waals surface area contributed by atoms with Crippen LogP contribution < -0.4 is 11.1 Å². The second kappa shape index (κ2) is 5.62. The molecule has 0 radical (unpaired) electrons. The lowest BCUT2D eigenvalue weighted by Gasteiger charge is -2.21. The van der Waals surface area contributed by atoms with E-state index in [1.165, 1.54) is 0 Å². The Balaban J connectivity index is 2.50. The summed E-state index contributed by atoms with van der Waals surface area (Å²) in [7, 11) is 5.60. The van der Waals surface area contributed by atoms with Gasteiger partial charge in [-0.05, 0) is 14.1 Å². The van der Waals surface area contributed by atoms with Crippen LogP contribution in [0.1, 0.15) is 5.82 Å². The molecule has 0 bridgehead atoms. The molecule has 1 heterocycles. The van der Waals surface area contributed by atoms with Crippen LogP contribution in [0.2, 0.25) is 0 Å². The molecule has 1 unspecified atom stereocenters. The maximum absolute atomic E-state index is 11.0. The Morgan fingerprint density at radius 3 is 2.88 bits per heavy atom. The van der Waals surface area contributed by atoms with E-state index in [2.05, 4.69) is 10.3 Å². The summed E-state index contributed by atoms with van der Waals surface area (Å²) >= 11 is 0. The Kier molecular flexibility index (Phi) is 4.45. The fraction of sp³-hybridized carbons (Fsp3) is 0.600. The topological polar surface area (TPSA) is 76.2 Å². The molecule has 6 nitrogen and oxygen atoms in total. The first-order valence-electron chi connectivity index (χ1n) is 5.16. The molecule has 0 saturated carbocycles. The highest BCUT2D eigenvalue weighted by Gasteiger charge is 2.15. The van der Waals surface area contributed by atoms with Crippen LogP contribution in [0.25, 0.3) is 0 Å². The van der Waals surface area contributed by atoms with Crippen molar-refractivity contribution in [3.05, 3.63) is 18.2 Å². The van der Waals surface area contributed by atoms with Crippen molar-refractivity contribution in [3.63, 3.8) is 0 Å². The van der Waals surface area contributed by atoms with Gasteiger partial charge in [0.15, 0.2) is 0 Å². The van der Waals surface area contributed by atoms with Gasteiger partial charge >= 0.3 is 0 Å². The number of nitrogens with two attached hydrogens (primary N) is 1. The van der Waals surface area contributed by atoms with Gasteiger partial charge in [-0.3, -0.25) is 9.69 Å². The van der Waals surface area contributed by atoms with Crippen LogP contribution >= 0.6 is 0 Å². The van der Waals surface area contributed by atoms with E-state index >= 15 is 0 Å². The molecule has 3 N–H and O–H groups in total. The Hall–Kier alpha value is -1.40. The molecule has 0 spiro atoms. The van der Waals surface area contributed by atoms with Crippen molar-refractivity contribution in [3.8, 4) is 0 Å². The molecule has 90 valence electrons. The third kappa shape index (κ3) is 3.32. The molecule has 0 aliphatic rings. The molecule has 0 saturated heterocycles. The second-order valence-corrected chi connectivity index (χ2v) is 3.89. The smallest absolute Gasteiger partial charge is 0.235 e. The summed E-state index contributed by atoms with van der Waals surface area (Å²) in [4.78, 5) is 17.3. The number of amides is 1. The summed E-state index contributed by atoms with van der Waals surface area (Å²) < 4.78 is 1.95. The summed E-state index contributed by atoms with van der Waals surface area (Å²) in [5, 5.41) is 2.88. The number of hydrogen-bond donors (Lipinski definition) is 2. The van der Waals surface area contributed by atoms with Gasteiger partial charge in [0.1, 0.15) is 5.82 Å². The number of carbonyl (C=O) groups is 1. The minimum absolute atomic E-state index is 0.328. The number of aryl methyl sites for hydroxylation is 1. The van der Waals surface area contributed by atoms with Crippen molar-refractivity contribution in [1.29, 1.82) is 0 Å². The van der Waals surface area contributed by atoms with Crippen molar-refractivity contribution in [2.45, 2.75) is 12.6 Å². The van der Waals surface area contributed by atoms with Gasteiger partial charge in [0.25, 0.3) is 0 Å². The quantitative estimate of drug-likeness (QED) is 0.646. The zero-order valence-electron chi connectivity index (χ0n) is 9.97. The van der Waals surface area contributed by atoms with Crippen molar-refractivity contribution in [2.75, 3.05) is 20.6 Å². The van der Waals surface area contributed by atoms with E-state index in [9.17, 15) is 4.79 Å². The number of nitrogens with one attached hydrogen (secondary N) is 1. The number of rotatable bonds is 6. The third-order valence-corrected chi connectivity index (χ3v) is 2.52. The molecular weight excluding hydrogens is 206 g/mol. The maximum Gasteiger partial charge on any atom is 0.235 e. The zero-order valence-corrected chi connectivity index (χ0v) is 9.97. The lowest BCUT2D eigenvalue weighted by molar-refractivity contribution is -0.120. The molecule has 0 aromatic carbocycles. The zero-order chi connectivity index (χ0) is 12.1. The summed E-state index contributed by atoms with van der Waals surface area (Å²) in [5.41, 5.74) is 5.25. The number of nitrogens with zero attached hydrogens (tertiary/aromatic N) is 3. The number of primary amides is 1. The summed E-state index contributed by atoms with van der Waals surface area (Å²) in [6, 6.07) is -0.328. The molecule has 16 heavy (non-hydrogen) atoms. The van der Waals surface area contributed by atoms with Gasteiger partial charge in [-0.2, -0.15) is 0 Å². The van der Waals surface area contributed by atoms with Gasteiger partial charge in [-0.15, -0.1) is 0 Å². The summed E-state index contributed by atoms with van der Waals surface area (Å²) in [6.07, 6.45) is 3.65. The lowest BCUT2D eigenvalue weighted by atomic mass is 10.2. The van der Waals surface area contributed by atoms with Gasteiger partial charge < -0.3 is 15.6 Å². The average molecular weight is 225 g/mol. The normalized spacial score (nSPS) is 13.0. The summed E-state index contributed by atoms with van der Waals surface area (Å²) in [5.74, 6) is 0.621. The minimum atomic E-state index is -0.339. The fourth-order valence-corrected chi connectivity index (χ4v) is 1.49. The van der Waals surface area contributed by atoms with Gasteiger partial charge in [0.2, 0.25) is 5.91 Å². The van der Waals surface area contributed by atoms with E-state index in [0.717, 1.165) is 5.82 Å². The highest BCUT2D eigenvalue weighted by atomic mass is 16.1. The van der Waals surface area contributed by atoms with Gasteiger partial charge in [0.05, 0.1) is 12.6 Å². The standard InChI is InChI=1S/C10H19N5O/c1-12-8(10(11)16)6-14(2)7-9-13-4-5-15(9)3/h4-5,8,12H,6-7H2,1-3H3,(H2,11,16). The number of hydrogen-bond acceptors (Lipinski definition) is 4. The third-order valence-electron chi connectivity index (χ3n) is 2.52. The van der Waals surface area contributed by atoms with Crippen molar-refractivity contribution >= 4 is 5.91 Å². The fourth-order valence-electron chi connectivity index (χ4n) is 1.49. The molecule has 0 fully saturated rings. The molecule has 6 heteroatoms. The second-order valence-electron chi connectivity index (χ2n) is 3.89. The monoisotopic (exact) mass is 225 g/mol. The first-order valence-corrected chi connectivity index (χ1v) is 5.16. The van der Waals surface area contributed by atoms with E-state index in [4.69, 9.17) is 5.73 Å². The maximum atomic E-state index is 11.0. The van der Waals surface area contributed by atoms with Crippen LogP contribution in [0.3, 0.4) is 0 Å². The molecule has 0 aliphatic heterocycles. The van der Waals surface area contributed by atoms with E-state index in [1.807, 2.05) is 29.8 Å². The highest BCUT2D eigenvalue weighted by molar-refractivity contribution is 5.80. The van der Waals surface area contributed by atoms with Gasteiger partial charge in [0, 0.05) is 26.0 Å². The molecule has 1 rings (SSSR count). The van der Waals surface area contributed by atoms with Crippen molar-refractivity contribution in [2.24, 2.45) is 12.8 Å². The Morgan fingerprint density at radius 2 is 2.44 bits per heavy atom. The van der Waals surface area contributed by atoms with Crippen LogP contribution in [0.4, 0.5) is 0 Å². The first kappa shape index (κ1) is 12.7. The van der Waals surface area contributed by atoms with Crippen molar-refractivity contribution in [1.82, 2.24) is 19.8 Å². The number of aromatic nitrogens is 2. The van der Waals surface area contributed by atoms with E-state index in [1.54, 1.807) is 13.2 Å². The number of likely N-dealkylation sites (N-methyl/N-ethyl adjacent to an activating group) is 2. The van der Waals surface area contributed by atoms with Crippen LogP contribution in [0, 0.1) is 0 Å². The number of carbonyl (C=O) groups excluding carboxylic acids is 1. The summed E-state index contributed by atoms with van der Waals surface area (Å²) in [6.45, 7) is 1.26. The van der Waals surface area contributed by atoms with Gasteiger partial charge in [-0.25, -0.2) is 4.98 Å². The SMILES string of the molecule is CNC(CN(C)Cc1nccn1C)C(N)=O. The molecule has 1 amide bonds. The van der Waals surface area contributed by atoms with E-state index < -0.39 is 0 Å². The van der Waals surface area contributed by atoms with Crippen molar-refractivity contribution < 1.29 is 4.79 Å². The minimum Gasteiger partial charge on any atom is -0.368 e. The molecule has 1 aromatic heterocycles. The predicted molar refractivity (Wildman–Crippen MR) is 61.6 cm³/mol. The van der Waals surface area contributed by atoms with E-state index in [0.29, 0.717) is 13.1 Å². The van der Waals surface area contributed by atoms with Crippen LogP contribution in [0.15, 0.2) is 12.4 Å². The average Bonchev–Trinajstić information content (AvgIpc) is 2.60. The largest absolute Gasteiger partial charge is 0.368 e. The number of imidazole rings is 1. The lowest BCUT2D eigenvalue weighted by Crippen LogP contribution is -2.46. The van der Waals surface area contributed by atoms with Gasteiger partial charge in [-0.1, -0.05) is 0 Å². The predicted octanol–water partition coefficient (Wildman–Crippen LogP) is -1.07. The highest BCUT2D eigenvalue weighted by Crippen LogP contribution is 2.00. The Labute approximate surface area is 95.4 Å².